The summed E-state index contributed by atoms with van der Waals surface area (Å²) in [5, 5.41) is 0. The third-order valence-corrected chi connectivity index (χ3v) is 3.60. The molecule has 2 rings (SSSR count). The van der Waals surface area contributed by atoms with Crippen molar-refractivity contribution in [1.82, 2.24) is 4.90 Å². The Hall–Kier alpha value is -2.61. The fraction of sp³-hybridized carbons (Fsp3) is 0.150. The quantitative estimate of drug-likeness (QED) is 0.542. The second-order valence-corrected chi connectivity index (χ2v) is 5.11. The summed E-state index contributed by atoms with van der Waals surface area (Å²) in [4.78, 5) is 14.2. The van der Waals surface area contributed by atoms with Crippen molar-refractivity contribution in [3.05, 3.63) is 97.1 Å². The molecule has 0 N–H and O–H groups in total. The predicted molar refractivity (Wildman–Crippen MR) is 91.2 cm³/mol. The van der Waals surface area contributed by atoms with Gasteiger partial charge in [0.25, 0.3) is 0 Å². The standard InChI is InChI=1S/C20H21NO/c1-3-11-19(18-14-9-6-10-15-18)21(20(22)4-2)16-17-12-7-5-8-13-17/h3-10,12-15,19H,1-2,11,16H2. The molecular weight excluding hydrogens is 270 g/mol. The van der Waals surface area contributed by atoms with E-state index < -0.39 is 0 Å². The molecule has 0 saturated carbocycles. The molecule has 2 aromatic carbocycles. The minimum absolute atomic E-state index is 0.0376. The fourth-order valence-corrected chi connectivity index (χ4v) is 2.52. The van der Waals surface area contributed by atoms with Crippen molar-refractivity contribution in [2.75, 3.05) is 0 Å². The van der Waals surface area contributed by atoms with E-state index in [0.717, 1.165) is 11.1 Å². The van der Waals surface area contributed by atoms with Crippen LogP contribution >= 0.6 is 0 Å². The molecule has 2 nitrogen and oxygen atoms in total. The smallest absolute Gasteiger partial charge is 0.246 e. The van der Waals surface area contributed by atoms with Gasteiger partial charge >= 0.3 is 0 Å². The Bertz CT molecular complexity index is 619. The highest BCUT2D eigenvalue weighted by Gasteiger charge is 2.22. The van der Waals surface area contributed by atoms with Crippen molar-refractivity contribution >= 4 is 5.91 Å². The molecule has 0 spiro atoms. The van der Waals surface area contributed by atoms with E-state index in [1.54, 1.807) is 0 Å². The van der Waals surface area contributed by atoms with Gasteiger partial charge in [-0.2, -0.15) is 0 Å². The Labute approximate surface area is 132 Å². The van der Waals surface area contributed by atoms with Crippen LogP contribution in [0.3, 0.4) is 0 Å². The Morgan fingerprint density at radius 1 is 1.00 bits per heavy atom. The first kappa shape index (κ1) is 15.8. The van der Waals surface area contributed by atoms with Crippen LogP contribution in [0, 0.1) is 0 Å². The van der Waals surface area contributed by atoms with E-state index in [1.807, 2.05) is 71.6 Å². The number of hydrogen-bond acceptors (Lipinski definition) is 1. The summed E-state index contributed by atoms with van der Waals surface area (Å²) in [5.74, 6) is -0.0699. The van der Waals surface area contributed by atoms with Gasteiger partial charge in [-0.3, -0.25) is 4.79 Å². The molecule has 0 aliphatic carbocycles. The summed E-state index contributed by atoms with van der Waals surface area (Å²) in [6, 6.07) is 20.0. The van der Waals surface area contributed by atoms with Gasteiger partial charge in [0, 0.05) is 6.54 Å². The molecule has 1 amide bonds. The van der Waals surface area contributed by atoms with Crippen LogP contribution < -0.4 is 0 Å². The highest BCUT2D eigenvalue weighted by molar-refractivity contribution is 5.87. The molecule has 1 unspecified atom stereocenters. The average molecular weight is 291 g/mol. The Balaban J connectivity index is 2.34. The first-order valence-electron chi connectivity index (χ1n) is 7.39. The normalized spacial score (nSPS) is 11.5. The van der Waals surface area contributed by atoms with E-state index in [1.165, 1.54) is 6.08 Å². The molecule has 112 valence electrons. The molecule has 2 heteroatoms. The molecule has 1 atom stereocenters. The third-order valence-electron chi connectivity index (χ3n) is 3.60. The number of hydrogen-bond donors (Lipinski definition) is 0. The van der Waals surface area contributed by atoms with Gasteiger partial charge in [-0.25, -0.2) is 0 Å². The van der Waals surface area contributed by atoms with Crippen LogP contribution in [0.5, 0.6) is 0 Å². The van der Waals surface area contributed by atoms with Gasteiger partial charge in [-0.05, 0) is 23.6 Å². The van der Waals surface area contributed by atoms with Crippen LogP contribution in [-0.2, 0) is 11.3 Å². The molecule has 22 heavy (non-hydrogen) atoms. The molecule has 0 heterocycles. The number of rotatable bonds is 7. The molecule has 0 saturated heterocycles. The van der Waals surface area contributed by atoms with E-state index in [4.69, 9.17) is 0 Å². The number of carbonyl (C=O) groups is 1. The summed E-state index contributed by atoms with van der Waals surface area (Å²) in [6.45, 7) is 8.03. The van der Waals surface area contributed by atoms with Crippen LogP contribution in [0.15, 0.2) is 86.0 Å². The van der Waals surface area contributed by atoms with Crippen LogP contribution in [0.1, 0.15) is 23.6 Å². The van der Waals surface area contributed by atoms with E-state index >= 15 is 0 Å². The number of amides is 1. The molecule has 0 radical (unpaired) electrons. The number of benzene rings is 2. The van der Waals surface area contributed by atoms with Gasteiger partial charge in [0.15, 0.2) is 0 Å². The minimum atomic E-state index is -0.0699. The zero-order chi connectivity index (χ0) is 15.8. The van der Waals surface area contributed by atoms with Crippen molar-refractivity contribution in [2.45, 2.75) is 19.0 Å². The molecule has 0 aromatic heterocycles. The third kappa shape index (κ3) is 3.95. The lowest BCUT2D eigenvalue weighted by atomic mass is 10.0. The van der Waals surface area contributed by atoms with Crippen LogP contribution in [0.25, 0.3) is 0 Å². The van der Waals surface area contributed by atoms with Gasteiger partial charge in [-0.1, -0.05) is 73.3 Å². The number of carbonyl (C=O) groups excluding carboxylic acids is 1. The molecule has 0 fully saturated rings. The van der Waals surface area contributed by atoms with Gasteiger partial charge in [-0.15, -0.1) is 6.58 Å². The van der Waals surface area contributed by atoms with Crippen LogP contribution in [0.2, 0.25) is 0 Å². The highest BCUT2D eigenvalue weighted by Crippen LogP contribution is 2.27. The van der Waals surface area contributed by atoms with Crippen molar-refractivity contribution in [3.63, 3.8) is 0 Å². The van der Waals surface area contributed by atoms with Crippen LogP contribution in [-0.4, -0.2) is 10.8 Å². The first-order chi connectivity index (χ1) is 10.8. The summed E-state index contributed by atoms with van der Waals surface area (Å²) >= 11 is 0. The molecule has 0 aliphatic heterocycles. The summed E-state index contributed by atoms with van der Waals surface area (Å²) in [5.41, 5.74) is 2.20. The molecule has 0 aliphatic rings. The Morgan fingerprint density at radius 3 is 2.14 bits per heavy atom. The van der Waals surface area contributed by atoms with Gasteiger partial charge in [0.1, 0.15) is 0 Å². The van der Waals surface area contributed by atoms with Crippen molar-refractivity contribution < 1.29 is 4.79 Å². The predicted octanol–water partition coefficient (Wildman–Crippen LogP) is 4.52. The second kappa shape index (κ2) is 7.99. The fourth-order valence-electron chi connectivity index (χ4n) is 2.52. The Morgan fingerprint density at radius 2 is 1.59 bits per heavy atom. The maximum absolute atomic E-state index is 12.4. The zero-order valence-corrected chi connectivity index (χ0v) is 12.7. The van der Waals surface area contributed by atoms with Crippen LogP contribution in [0.4, 0.5) is 0 Å². The van der Waals surface area contributed by atoms with E-state index in [9.17, 15) is 4.79 Å². The highest BCUT2D eigenvalue weighted by atomic mass is 16.2. The summed E-state index contributed by atoms with van der Waals surface area (Å²) < 4.78 is 0. The SMILES string of the molecule is C=CCC(c1ccccc1)N(Cc1ccccc1)C(=O)C=C. The van der Waals surface area contributed by atoms with E-state index in [-0.39, 0.29) is 11.9 Å². The maximum Gasteiger partial charge on any atom is 0.246 e. The Kier molecular flexibility index (Phi) is 5.73. The van der Waals surface area contributed by atoms with E-state index in [0.29, 0.717) is 13.0 Å². The summed E-state index contributed by atoms with van der Waals surface area (Å²) in [7, 11) is 0. The molecule has 2 aromatic rings. The lowest BCUT2D eigenvalue weighted by molar-refractivity contribution is -0.129. The van der Waals surface area contributed by atoms with Gasteiger partial charge in [0.2, 0.25) is 5.91 Å². The maximum atomic E-state index is 12.4. The van der Waals surface area contributed by atoms with Gasteiger partial charge < -0.3 is 4.90 Å². The largest absolute Gasteiger partial charge is 0.327 e. The number of nitrogens with zero attached hydrogens (tertiary/aromatic N) is 1. The van der Waals surface area contributed by atoms with Gasteiger partial charge in [0.05, 0.1) is 6.04 Å². The van der Waals surface area contributed by atoms with Crippen molar-refractivity contribution in [2.24, 2.45) is 0 Å². The molecular formula is C20H21NO. The lowest BCUT2D eigenvalue weighted by Crippen LogP contribution is -2.33. The first-order valence-corrected chi connectivity index (χ1v) is 7.39. The van der Waals surface area contributed by atoms with E-state index in [2.05, 4.69) is 13.2 Å². The topological polar surface area (TPSA) is 20.3 Å². The second-order valence-electron chi connectivity index (χ2n) is 5.11. The van der Waals surface area contributed by atoms with Crippen molar-refractivity contribution in [3.8, 4) is 0 Å². The molecule has 0 bridgehead atoms. The van der Waals surface area contributed by atoms with Crippen molar-refractivity contribution in [1.29, 1.82) is 0 Å². The lowest BCUT2D eigenvalue weighted by Gasteiger charge is -2.31. The minimum Gasteiger partial charge on any atom is -0.327 e. The average Bonchev–Trinajstić information content (AvgIpc) is 2.59. The summed E-state index contributed by atoms with van der Waals surface area (Å²) in [6.07, 6.45) is 3.93. The zero-order valence-electron chi connectivity index (χ0n) is 12.7. The monoisotopic (exact) mass is 291 g/mol.